The van der Waals surface area contributed by atoms with Crippen molar-refractivity contribution in [2.75, 3.05) is 0 Å². The third-order valence-electron chi connectivity index (χ3n) is 1.55. The number of hydrogen-bond acceptors (Lipinski definition) is 4. The maximum Gasteiger partial charge on any atom is 0.270 e. The largest absolute Gasteiger partial charge is 0.508 e. The average molecular weight is 217 g/mol. The molecule has 1 unspecified atom stereocenters. The predicted octanol–water partition coefficient (Wildman–Crippen LogP) is 1.02. The number of non-ortho nitro benzene ring substituents is 1. The molecule has 6 nitrogen and oxygen atoms in total. The van der Waals surface area contributed by atoms with Gasteiger partial charge in [-0.25, -0.2) is 4.21 Å². The standard InChI is InChI=1S/C7H7NO5S/c9-7-2-1-6(8(10)11)3-5(7)4-14(12)13/h1-3,9H,4H2,(H,12,13). The Kier molecular flexibility index (Phi) is 3.15. The van der Waals surface area contributed by atoms with Gasteiger partial charge in [0.05, 0.1) is 10.7 Å². The van der Waals surface area contributed by atoms with Crippen LogP contribution in [-0.4, -0.2) is 18.8 Å². The lowest BCUT2D eigenvalue weighted by Gasteiger charge is -2.00. The van der Waals surface area contributed by atoms with Crippen molar-refractivity contribution >= 4 is 16.8 Å². The molecule has 0 saturated heterocycles. The summed E-state index contributed by atoms with van der Waals surface area (Å²) in [6.45, 7) is 0. The van der Waals surface area contributed by atoms with Gasteiger partial charge in [-0.15, -0.1) is 0 Å². The van der Waals surface area contributed by atoms with Crippen molar-refractivity contribution in [1.29, 1.82) is 0 Å². The predicted molar refractivity (Wildman–Crippen MR) is 49.2 cm³/mol. The van der Waals surface area contributed by atoms with Crippen molar-refractivity contribution < 1.29 is 18.8 Å². The molecule has 0 fully saturated rings. The molecule has 0 saturated carbocycles. The van der Waals surface area contributed by atoms with Crippen LogP contribution in [0.3, 0.4) is 0 Å². The summed E-state index contributed by atoms with van der Waals surface area (Å²) in [5.74, 6) is -0.550. The molecule has 1 rings (SSSR count). The van der Waals surface area contributed by atoms with Crippen molar-refractivity contribution in [3.05, 3.63) is 33.9 Å². The summed E-state index contributed by atoms with van der Waals surface area (Å²) in [5.41, 5.74) is -0.136. The summed E-state index contributed by atoms with van der Waals surface area (Å²) >= 11 is -2.13. The van der Waals surface area contributed by atoms with Crippen LogP contribution >= 0.6 is 0 Å². The van der Waals surface area contributed by atoms with Gasteiger partial charge in [0.1, 0.15) is 5.75 Å². The molecule has 0 radical (unpaired) electrons. The van der Waals surface area contributed by atoms with Gasteiger partial charge in [0.2, 0.25) is 0 Å². The normalized spacial score (nSPS) is 12.4. The van der Waals surface area contributed by atoms with Crippen LogP contribution in [0.5, 0.6) is 5.75 Å². The van der Waals surface area contributed by atoms with Crippen molar-refractivity contribution in [1.82, 2.24) is 0 Å². The molecule has 1 atom stereocenters. The average Bonchev–Trinajstić information content (AvgIpc) is 2.07. The number of phenolic OH excluding ortho intramolecular Hbond substituents is 1. The smallest absolute Gasteiger partial charge is 0.270 e. The monoisotopic (exact) mass is 217 g/mol. The highest BCUT2D eigenvalue weighted by molar-refractivity contribution is 7.78. The Morgan fingerprint density at radius 3 is 2.64 bits per heavy atom. The highest BCUT2D eigenvalue weighted by Gasteiger charge is 2.11. The lowest BCUT2D eigenvalue weighted by molar-refractivity contribution is -0.384. The highest BCUT2D eigenvalue weighted by Crippen LogP contribution is 2.23. The molecule has 7 heteroatoms. The molecule has 0 amide bonds. The number of aromatic hydroxyl groups is 1. The number of rotatable bonds is 3. The third kappa shape index (κ3) is 2.51. The molecule has 76 valence electrons. The number of nitrogens with zero attached hydrogens (tertiary/aromatic N) is 1. The lowest BCUT2D eigenvalue weighted by atomic mass is 10.2. The van der Waals surface area contributed by atoms with Crippen molar-refractivity contribution in [3.63, 3.8) is 0 Å². The molecule has 0 aromatic heterocycles. The summed E-state index contributed by atoms with van der Waals surface area (Å²) < 4.78 is 19.0. The number of hydrogen-bond donors (Lipinski definition) is 2. The van der Waals surface area contributed by atoms with Gasteiger partial charge in [0.15, 0.2) is 11.1 Å². The summed E-state index contributed by atoms with van der Waals surface area (Å²) in [7, 11) is 0. The second kappa shape index (κ2) is 4.16. The molecule has 0 spiro atoms. The number of nitro groups is 1. The van der Waals surface area contributed by atoms with Gasteiger partial charge in [0.25, 0.3) is 5.69 Å². The first kappa shape index (κ1) is 10.6. The fourth-order valence-electron chi connectivity index (χ4n) is 0.934. The second-order valence-electron chi connectivity index (χ2n) is 2.54. The molecule has 0 bridgehead atoms. The van der Waals surface area contributed by atoms with Gasteiger partial charge in [-0.3, -0.25) is 10.1 Å². The molecule has 0 aliphatic rings. The van der Waals surface area contributed by atoms with Gasteiger partial charge >= 0.3 is 0 Å². The Balaban J connectivity index is 3.08. The quantitative estimate of drug-likeness (QED) is 0.447. The molecular formula is C7H7NO5S. The van der Waals surface area contributed by atoms with Gasteiger partial charge in [-0.05, 0) is 6.07 Å². The first-order chi connectivity index (χ1) is 6.50. The SMILES string of the molecule is O=[N+]([O-])c1ccc(O)c(CS(=O)O)c1. The van der Waals surface area contributed by atoms with E-state index in [2.05, 4.69) is 0 Å². The number of phenols is 1. The van der Waals surface area contributed by atoms with Crippen LogP contribution in [0.1, 0.15) is 5.56 Å². The van der Waals surface area contributed by atoms with E-state index in [1.54, 1.807) is 0 Å². The summed E-state index contributed by atoms with van der Waals surface area (Å²) in [4.78, 5) is 9.70. The summed E-state index contributed by atoms with van der Waals surface area (Å²) in [6, 6.07) is 3.32. The Hall–Kier alpha value is -1.47. The van der Waals surface area contributed by atoms with Crippen LogP contribution in [0.25, 0.3) is 0 Å². The van der Waals surface area contributed by atoms with Crippen LogP contribution in [0.2, 0.25) is 0 Å². The Morgan fingerprint density at radius 1 is 1.50 bits per heavy atom. The summed E-state index contributed by atoms with van der Waals surface area (Å²) in [5, 5.41) is 19.5. The Bertz CT molecular complexity index is 392. The minimum Gasteiger partial charge on any atom is -0.508 e. The first-order valence-corrected chi connectivity index (χ1v) is 4.82. The third-order valence-corrected chi connectivity index (χ3v) is 2.11. The molecular weight excluding hydrogens is 210 g/mol. The zero-order chi connectivity index (χ0) is 10.7. The van der Waals surface area contributed by atoms with E-state index in [1.807, 2.05) is 0 Å². The van der Waals surface area contributed by atoms with E-state index in [0.717, 1.165) is 18.2 Å². The van der Waals surface area contributed by atoms with Crippen molar-refractivity contribution in [3.8, 4) is 5.75 Å². The minimum absolute atomic E-state index is 0.0834. The van der Waals surface area contributed by atoms with E-state index in [0.29, 0.717) is 0 Å². The molecule has 1 aromatic rings. The zero-order valence-corrected chi connectivity index (χ0v) is 7.73. The topological polar surface area (TPSA) is 101 Å². The molecule has 2 N–H and O–H groups in total. The van der Waals surface area contributed by atoms with Gasteiger partial charge in [-0.2, -0.15) is 0 Å². The van der Waals surface area contributed by atoms with E-state index in [1.165, 1.54) is 0 Å². The van der Waals surface area contributed by atoms with Crippen molar-refractivity contribution in [2.24, 2.45) is 0 Å². The minimum atomic E-state index is -2.13. The second-order valence-corrected chi connectivity index (χ2v) is 3.47. The van der Waals surface area contributed by atoms with Crippen LogP contribution < -0.4 is 0 Å². The number of benzene rings is 1. The molecule has 0 heterocycles. The van der Waals surface area contributed by atoms with Gasteiger partial charge in [-0.1, -0.05) is 0 Å². The Morgan fingerprint density at radius 2 is 2.14 bits per heavy atom. The van der Waals surface area contributed by atoms with Crippen molar-refractivity contribution in [2.45, 2.75) is 5.75 Å². The lowest BCUT2D eigenvalue weighted by Crippen LogP contribution is -1.95. The first-order valence-electron chi connectivity index (χ1n) is 3.54. The van der Waals surface area contributed by atoms with Crippen LogP contribution in [-0.2, 0) is 16.8 Å². The Labute approximate surface area is 81.6 Å². The van der Waals surface area contributed by atoms with E-state index in [-0.39, 0.29) is 22.8 Å². The molecule has 14 heavy (non-hydrogen) atoms. The van der Waals surface area contributed by atoms with E-state index >= 15 is 0 Å². The van der Waals surface area contributed by atoms with E-state index < -0.39 is 16.0 Å². The zero-order valence-electron chi connectivity index (χ0n) is 6.91. The number of nitro benzene ring substituents is 1. The molecule has 1 aromatic carbocycles. The fourth-order valence-corrected chi connectivity index (χ4v) is 1.43. The van der Waals surface area contributed by atoms with E-state index in [9.17, 15) is 19.4 Å². The van der Waals surface area contributed by atoms with Gasteiger partial charge < -0.3 is 9.66 Å². The highest BCUT2D eigenvalue weighted by atomic mass is 32.2. The maximum atomic E-state index is 10.4. The van der Waals surface area contributed by atoms with E-state index in [4.69, 9.17) is 4.55 Å². The molecule has 0 aliphatic heterocycles. The maximum absolute atomic E-state index is 10.4. The molecule has 0 aliphatic carbocycles. The van der Waals surface area contributed by atoms with Crippen LogP contribution in [0, 0.1) is 10.1 Å². The van der Waals surface area contributed by atoms with Crippen LogP contribution in [0.15, 0.2) is 18.2 Å². The summed E-state index contributed by atoms with van der Waals surface area (Å²) in [6.07, 6.45) is 0. The fraction of sp³-hybridized carbons (Fsp3) is 0.143. The van der Waals surface area contributed by atoms with Crippen LogP contribution in [0.4, 0.5) is 5.69 Å². The van der Waals surface area contributed by atoms with Gasteiger partial charge in [0, 0.05) is 17.7 Å².